The van der Waals surface area contributed by atoms with E-state index in [0.717, 1.165) is 19.5 Å². The maximum Gasteiger partial charge on any atom is 0.223 e. The van der Waals surface area contributed by atoms with Crippen LogP contribution in [0.25, 0.3) is 0 Å². The van der Waals surface area contributed by atoms with Crippen molar-refractivity contribution in [3.63, 3.8) is 0 Å². The first kappa shape index (κ1) is 16.0. The number of benzene rings is 1. The topological polar surface area (TPSA) is 32.3 Å². The van der Waals surface area contributed by atoms with E-state index in [0.29, 0.717) is 18.0 Å². The highest BCUT2D eigenvalue weighted by molar-refractivity contribution is 5.82. The molecule has 1 aromatic carbocycles. The lowest BCUT2D eigenvalue weighted by atomic mass is 10.1. The molecule has 0 bridgehead atoms. The average molecular weight is 288 g/mol. The van der Waals surface area contributed by atoms with E-state index in [2.05, 4.69) is 50.0 Å². The summed E-state index contributed by atoms with van der Waals surface area (Å²) in [5.74, 6) is 0.827. The van der Waals surface area contributed by atoms with Gasteiger partial charge in [0.25, 0.3) is 0 Å². The molecule has 1 aromatic rings. The van der Waals surface area contributed by atoms with Crippen LogP contribution in [-0.2, 0) is 4.79 Å². The zero-order valence-electron chi connectivity index (χ0n) is 13.7. The predicted molar refractivity (Wildman–Crippen MR) is 87.3 cm³/mol. The molecule has 0 saturated heterocycles. The molecule has 0 aromatic heterocycles. The normalized spacial score (nSPS) is 21.1. The van der Waals surface area contributed by atoms with Gasteiger partial charge in [0.15, 0.2) is 0 Å². The summed E-state index contributed by atoms with van der Waals surface area (Å²) in [7, 11) is 0. The summed E-state index contributed by atoms with van der Waals surface area (Å²) >= 11 is 0. The molecule has 2 rings (SSSR count). The van der Waals surface area contributed by atoms with E-state index in [1.54, 1.807) is 0 Å². The van der Waals surface area contributed by atoms with Crippen molar-refractivity contribution in [2.75, 3.05) is 13.1 Å². The van der Waals surface area contributed by atoms with Gasteiger partial charge in [0.2, 0.25) is 5.91 Å². The number of rotatable bonds is 7. The van der Waals surface area contributed by atoms with E-state index in [-0.39, 0.29) is 11.8 Å². The number of carbonyl (C=O) groups excluding carboxylic acids is 1. The monoisotopic (exact) mass is 288 g/mol. The summed E-state index contributed by atoms with van der Waals surface area (Å²) in [4.78, 5) is 14.6. The highest BCUT2D eigenvalue weighted by Gasteiger charge is 2.43. The second-order valence-electron chi connectivity index (χ2n) is 6.58. The fourth-order valence-electron chi connectivity index (χ4n) is 3.11. The van der Waals surface area contributed by atoms with Crippen LogP contribution in [0.1, 0.15) is 45.6 Å². The molecular formula is C18H28N2O. The van der Waals surface area contributed by atoms with Crippen molar-refractivity contribution in [1.29, 1.82) is 0 Å². The molecule has 116 valence electrons. The third-order valence-electron chi connectivity index (χ3n) is 4.35. The lowest BCUT2D eigenvalue weighted by Gasteiger charge is -2.30. The number of hydrogen-bond acceptors (Lipinski definition) is 2. The Morgan fingerprint density at radius 3 is 2.38 bits per heavy atom. The molecule has 0 aliphatic heterocycles. The zero-order chi connectivity index (χ0) is 15.4. The Kier molecular flexibility index (Phi) is 5.40. The van der Waals surface area contributed by atoms with Gasteiger partial charge in [0.1, 0.15) is 0 Å². The molecule has 1 fully saturated rings. The summed E-state index contributed by atoms with van der Waals surface area (Å²) in [5, 5.41) is 3.10. The summed E-state index contributed by atoms with van der Waals surface area (Å²) in [6.45, 7) is 10.5. The van der Waals surface area contributed by atoms with Crippen LogP contribution in [0, 0.1) is 5.92 Å². The summed E-state index contributed by atoms with van der Waals surface area (Å²) in [5.41, 5.74) is 1.30. The van der Waals surface area contributed by atoms with Crippen molar-refractivity contribution in [3.05, 3.63) is 35.9 Å². The first-order valence-corrected chi connectivity index (χ1v) is 8.09. The fourth-order valence-corrected chi connectivity index (χ4v) is 3.11. The quantitative estimate of drug-likeness (QED) is 0.836. The van der Waals surface area contributed by atoms with E-state index in [4.69, 9.17) is 0 Å². The third kappa shape index (κ3) is 4.31. The minimum Gasteiger partial charge on any atom is -0.355 e. The van der Waals surface area contributed by atoms with Gasteiger partial charge in [-0.2, -0.15) is 0 Å². The molecule has 1 N–H and O–H groups in total. The Bertz CT molecular complexity index is 448. The molecule has 21 heavy (non-hydrogen) atoms. The predicted octanol–water partition coefficient (Wildman–Crippen LogP) is 3.03. The molecule has 3 heteroatoms. The fraction of sp³-hybridized carbons (Fsp3) is 0.611. The first-order chi connectivity index (χ1) is 10.0. The Hall–Kier alpha value is -1.35. The molecule has 1 saturated carbocycles. The van der Waals surface area contributed by atoms with E-state index in [1.807, 2.05) is 18.2 Å². The summed E-state index contributed by atoms with van der Waals surface area (Å²) < 4.78 is 0. The number of carbonyl (C=O) groups is 1. The smallest absolute Gasteiger partial charge is 0.223 e. The van der Waals surface area contributed by atoms with Gasteiger partial charge in [0.05, 0.1) is 0 Å². The van der Waals surface area contributed by atoms with E-state index >= 15 is 0 Å². The van der Waals surface area contributed by atoms with Gasteiger partial charge >= 0.3 is 0 Å². The largest absolute Gasteiger partial charge is 0.355 e. The van der Waals surface area contributed by atoms with Gasteiger partial charge in [-0.15, -0.1) is 0 Å². The lowest BCUT2D eigenvalue weighted by Crippen LogP contribution is -2.42. The van der Waals surface area contributed by atoms with Gasteiger partial charge in [-0.05, 0) is 45.6 Å². The van der Waals surface area contributed by atoms with Crippen molar-refractivity contribution in [3.8, 4) is 0 Å². The average Bonchev–Trinajstić information content (AvgIpc) is 3.24. The number of amides is 1. The number of nitrogens with zero attached hydrogens (tertiary/aromatic N) is 1. The molecule has 0 heterocycles. The molecule has 1 amide bonds. The molecular weight excluding hydrogens is 260 g/mol. The minimum absolute atomic E-state index is 0.180. The van der Waals surface area contributed by atoms with Crippen LogP contribution in [0.2, 0.25) is 0 Å². The van der Waals surface area contributed by atoms with Crippen LogP contribution in [-0.4, -0.2) is 36.0 Å². The Morgan fingerprint density at radius 1 is 1.19 bits per heavy atom. The standard InChI is InChI=1S/C18H28N2O/c1-13(2)20(14(3)4)11-10-19-18(21)17-12-16(17)15-8-6-5-7-9-15/h5-9,13-14,16-17H,10-12H2,1-4H3,(H,19,21). The Labute approximate surface area is 128 Å². The maximum atomic E-state index is 12.2. The van der Waals surface area contributed by atoms with E-state index in [1.165, 1.54) is 5.56 Å². The van der Waals surface area contributed by atoms with Crippen molar-refractivity contribution in [1.82, 2.24) is 10.2 Å². The van der Waals surface area contributed by atoms with Crippen molar-refractivity contribution in [2.24, 2.45) is 5.92 Å². The molecule has 2 unspecified atom stereocenters. The van der Waals surface area contributed by atoms with Crippen LogP contribution in [0.3, 0.4) is 0 Å². The lowest BCUT2D eigenvalue weighted by molar-refractivity contribution is -0.122. The van der Waals surface area contributed by atoms with Crippen LogP contribution in [0.4, 0.5) is 0 Å². The minimum atomic E-state index is 0.180. The molecule has 0 spiro atoms. The molecule has 0 radical (unpaired) electrons. The van der Waals surface area contributed by atoms with E-state index < -0.39 is 0 Å². The zero-order valence-corrected chi connectivity index (χ0v) is 13.7. The number of nitrogens with one attached hydrogen (secondary N) is 1. The van der Waals surface area contributed by atoms with Crippen molar-refractivity contribution < 1.29 is 4.79 Å². The Balaban J connectivity index is 1.74. The van der Waals surface area contributed by atoms with Crippen molar-refractivity contribution in [2.45, 2.75) is 52.1 Å². The summed E-state index contributed by atoms with van der Waals surface area (Å²) in [6.07, 6.45) is 0.994. The third-order valence-corrected chi connectivity index (χ3v) is 4.35. The first-order valence-electron chi connectivity index (χ1n) is 8.09. The molecule has 1 aliphatic carbocycles. The highest BCUT2D eigenvalue weighted by Crippen LogP contribution is 2.47. The van der Waals surface area contributed by atoms with Crippen LogP contribution in [0.15, 0.2) is 30.3 Å². The van der Waals surface area contributed by atoms with Gasteiger partial charge in [-0.1, -0.05) is 30.3 Å². The van der Waals surface area contributed by atoms with Crippen molar-refractivity contribution >= 4 is 5.91 Å². The highest BCUT2D eigenvalue weighted by atomic mass is 16.2. The van der Waals surface area contributed by atoms with E-state index in [9.17, 15) is 4.79 Å². The van der Waals surface area contributed by atoms with Gasteiger partial charge in [-0.3, -0.25) is 9.69 Å². The van der Waals surface area contributed by atoms with Crippen LogP contribution >= 0.6 is 0 Å². The van der Waals surface area contributed by atoms with Gasteiger partial charge < -0.3 is 5.32 Å². The van der Waals surface area contributed by atoms with Crippen LogP contribution in [0.5, 0.6) is 0 Å². The molecule has 2 atom stereocenters. The molecule has 1 aliphatic rings. The van der Waals surface area contributed by atoms with Gasteiger partial charge in [0, 0.05) is 31.1 Å². The Morgan fingerprint density at radius 2 is 1.81 bits per heavy atom. The molecule has 3 nitrogen and oxygen atoms in total. The SMILES string of the molecule is CC(C)N(CCNC(=O)C1CC1c1ccccc1)C(C)C. The van der Waals surface area contributed by atoms with Gasteiger partial charge in [-0.25, -0.2) is 0 Å². The second-order valence-corrected chi connectivity index (χ2v) is 6.58. The second kappa shape index (κ2) is 7.08. The van der Waals surface area contributed by atoms with Crippen LogP contribution < -0.4 is 5.32 Å². The number of hydrogen-bond donors (Lipinski definition) is 1. The summed E-state index contributed by atoms with van der Waals surface area (Å²) in [6, 6.07) is 11.4. The maximum absolute atomic E-state index is 12.2.